The Morgan fingerprint density at radius 2 is 1.76 bits per heavy atom. The smallest absolute Gasteiger partial charge is 0.340 e. The first-order valence-corrected chi connectivity index (χ1v) is 13.9. The van der Waals surface area contributed by atoms with Gasteiger partial charge in [-0.05, 0) is 48.0 Å². The summed E-state index contributed by atoms with van der Waals surface area (Å²) in [5, 5.41) is 3.24. The summed E-state index contributed by atoms with van der Waals surface area (Å²) in [5.41, 5.74) is 1.77. The zero-order valence-corrected chi connectivity index (χ0v) is 23.1. The number of rotatable bonds is 5. The molecule has 11 heteroatoms. The number of carbonyl (C=O) groups excluding carboxylic acids is 3. The molecule has 1 unspecified atom stereocenters. The van der Waals surface area contributed by atoms with Gasteiger partial charge < -0.3 is 24.4 Å². The predicted octanol–water partition coefficient (Wildman–Crippen LogP) is 5.43. The monoisotopic (exact) mass is 588 g/mol. The number of hydrogen-bond acceptors (Lipinski definition) is 7. The summed E-state index contributed by atoms with van der Waals surface area (Å²) >= 11 is 6.21. The van der Waals surface area contributed by atoms with Gasteiger partial charge in [-0.1, -0.05) is 35.9 Å². The van der Waals surface area contributed by atoms with Crippen LogP contribution in [0.15, 0.2) is 88.7 Å². The number of carbonyl (C=O) groups is 3. The van der Waals surface area contributed by atoms with Gasteiger partial charge in [0, 0.05) is 22.7 Å². The van der Waals surface area contributed by atoms with Gasteiger partial charge in [-0.25, -0.2) is 9.00 Å². The molecular weight excluding hydrogens is 568 g/mol. The van der Waals surface area contributed by atoms with Crippen molar-refractivity contribution < 1.29 is 32.8 Å². The third kappa shape index (κ3) is 4.92. The number of esters is 1. The first-order valence-electron chi connectivity index (χ1n) is 12.4. The molecule has 0 aliphatic carbocycles. The van der Waals surface area contributed by atoms with Crippen molar-refractivity contribution in [2.24, 2.45) is 0 Å². The second-order valence-corrected chi connectivity index (χ2v) is 11.0. The number of methoxy groups -OCH3 is 1. The Bertz CT molecular complexity index is 1770. The highest BCUT2D eigenvalue weighted by Crippen LogP contribution is 2.39. The van der Waals surface area contributed by atoms with Crippen LogP contribution in [-0.2, 0) is 22.1 Å². The first-order chi connectivity index (χ1) is 19.8. The summed E-state index contributed by atoms with van der Waals surface area (Å²) in [5.74, 6) is -0.896. The number of amides is 2. The maximum atomic E-state index is 13.8. The van der Waals surface area contributed by atoms with Crippen LogP contribution < -0.4 is 19.7 Å². The van der Waals surface area contributed by atoms with E-state index in [1.165, 1.54) is 36.3 Å². The molecule has 2 aliphatic heterocycles. The summed E-state index contributed by atoms with van der Waals surface area (Å²) in [6, 6.07) is 21.3. The molecule has 2 aliphatic rings. The highest BCUT2D eigenvalue weighted by atomic mass is 35.5. The third-order valence-corrected chi connectivity index (χ3v) is 8.41. The van der Waals surface area contributed by atoms with Crippen LogP contribution in [-0.4, -0.2) is 35.9 Å². The maximum absolute atomic E-state index is 13.8. The molecule has 0 radical (unpaired) electrons. The van der Waals surface area contributed by atoms with Crippen molar-refractivity contribution >= 4 is 51.6 Å². The fourth-order valence-electron chi connectivity index (χ4n) is 4.70. The van der Waals surface area contributed by atoms with Gasteiger partial charge in [-0.15, -0.1) is 0 Å². The predicted molar refractivity (Wildman–Crippen MR) is 151 cm³/mol. The van der Waals surface area contributed by atoms with Crippen LogP contribution in [0.2, 0.25) is 5.02 Å². The summed E-state index contributed by atoms with van der Waals surface area (Å²) in [6.45, 7) is 0.103. The third-order valence-electron chi connectivity index (χ3n) is 6.67. The van der Waals surface area contributed by atoms with Crippen LogP contribution in [0.25, 0.3) is 0 Å². The largest absolute Gasteiger partial charge is 0.465 e. The van der Waals surface area contributed by atoms with Crippen LogP contribution in [0, 0.1) is 0 Å². The van der Waals surface area contributed by atoms with Crippen molar-refractivity contribution in [2.45, 2.75) is 16.3 Å². The lowest BCUT2D eigenvalue weighted by Gasteiger charge is -2.24. The van der Waals surface area contributed by atoms with Gasteiger partial charge in [-0.2, -0.15) is 0 Å². The molecule has 0 spiro atoms. The molecule has 1 N–H and O–H groups in total. The second kappa shape index (κ2) is 10.7. The summed E-state index contributed by atoms with van der Waals surface area (Å²) < 4.78 is 29.3. The van der Waals surface area contributed by atoms with E-state index < -0.39 is 22.7 Å². The fraction of sp³-hybridized carbons (Fsp3) is 0.100. The summed E-state index contributed by atoms with van der Waals surface area (Å²) in [6.07, 6.45) is 0. The van der Waals surface area contributed by atoms with Crippen molar-refractivity contribution in [3.05, 3.63) is 106 Å². The van der Waals surface area contributed by atoms with E-state index in [2.05, 4.69) is 5.32 Å². The normalized spacial score (nSPS) is 15.0. The molecule has 2 amide bonds. The van der Waals surface area contributed by atoms with Crippen molar-refractivity contribution in [1.29, 1.82) is 0 Å². The van der Waals surface area contributed by atoms with Gasteiger partial charge in [0.25, 0.3) is 11.8 Å². The second-order valence-electron chi connectivity index (χ2n) is 9.17. The number of nitrogens with zero attached hydrogens (tertiary/aromatic N) is 1. The molecule has 1 atom stereocenters. The number of fused-ring (bicyclic) bond motifs is 3. The van der Waals surface area contributed by atoms with Gasteiger partial charge in [0.2, 0.25) is 6.79 Å². The van der Waals surface area contributed by atoms with Crippen molar-refractivity contribution in [3.63, 3.8) is 0 Å². The number of ether oxygens (including phenoxy) is 3. The average Bonchev–Trinajstić information content (AvgIpc) is 3.43. The van der Waals surface area contributed by atoms with Gasteiger partial charge in [0.05, 0.1) is 56.7 Å². The van der Waals surface area contributed by atoms with Gasteiger partial charge >= 0.3 is 5.97 Å². The first kappa shape index (κ1) is 26.5. The van der Waals surface area contributed by atoms with Crippen molar-refractivity contribution in [1.82, 2.24) is 0 Å². The molecule has 0 fully saturated rings. The lowest BCUT2D eigenvalue weighted by molar-refractivity contribution is 0.0601. The molecule has 41 heavy (non-hydrogen) atoms. The number of nitrogens with one attached hydrogen (secondary N) is 1. The Kier molecular flexibility index (Phi) is 6.94. The van der Waals surface area contributed by atoms with Gasteiger partial charge in [0.15, 0.2) is 11.5 Å². The zero-order valence-electron chi connectivity index (χ0n) is 21.5. The van der Waals surface area contributed by atoms with Crippen LogP contribution in [0.1, 0.15) is 36.6 Å². The minimum atomic E-state index is -1.69. The Morgan fingerprint density at radius 1 is 0.976 bits per heavy atom. The van der Waals surface area contributed by atoms with E-state index in [0.717, 1.165) is 5.56 Å². The van der Waals surface area contributed by atoms with Crippen molar-refractivity contribution in [3.8, 4) is 11.5 Å². The SMILES string of the molecule is COC(=O)c1cc2c(cc1NC(=O)c1ccc3c(c1)N(Cc1cccc(Cl)c1)C(=O)c1ccccc1S3=O)OCO2. The molecule has 0 saturated heterocycles. The molecule has 4 aromatic rings. The van der Waals surface area contributed by atoms with Crippen molar-refractivity contribution in [2.75, 3.05) is 24.1 Å². The highest BCUT2D eigenvalue weighted by Gasteiger charge is 2.32. The number of hydrogen-bond donors (Lipinski definition) is 1. The van der Waals surface area contributed by atoms with E-state index in [1.54, 1.807) is 48.5 Å². The van der Waals surface area contributed by atoms with E-state index in [0.29, 0.717) is 37.6 Å². The molecule has 2 heterocycles. The van der Waals surface area contributed by atoms with E-state index in [4.69, 9.17) is 25.8 Å². The fourth-order valence-corrected chi connectivity index (χ4v) is 6.26. The lowest BCUT2D eigenvalue weighted by Crippen LogP contribution is -2.30. The Balaban J connectivity index is 1.42. The molecule has 0 saturated carbocycles. The topological polar surface area (TPSA) is 111 Å². The molecule has 6 rings (SSSR count). The molecular formula is C30H21ClN2O7S. The molecule has 0 bridgehead atoms. The standard InChI is InChI=1S/C30H21ClN2O7S/c1-38-30(36)21-13-24-25(40-16-39-24)14-22(21)32-28(34)18-9-10-27-23(12-18)33(15-17-5-4-6-19(31)11-17)29(35)20-7-2-3-8-26(20)41(27)37/h2-14H,15-16H2,1H3,(H,32,34). The molecule has 206 valence electrons. The summed E-state index contributed by atoms with van der Waals surface area (Å²) in [7, 11) is -0.463. The van der Waals surface area contributed by atoms with E-state index in [-0.39, 0.29) is 36.1 Å². The number of benzene rings is 4. The van der Waals surface area contributed by atoms with Crippen LogP contribution in [0.4, 0.5) is 11.4 Å². The van der Waals surface area contributed by atoms with Gasteiger partial charge in [0.1, 0.15) is 0 Å². The molecule has 0 aromatic heterocycles. The van der Waals surface area contributed by atoms with E-state index >= 15 is 0 Å². The minimum Gasteiger partial charge on any atom is -0.465 e. The lowest BCUT2D eigenvalue weighted by atomic mass is 10.1. The minimum absolute atomic E-state index is 0.0197. The van der Waals surface area contributed by atoms with Crippen LogP contribution >= 0.6 is 11.6 Å². The average molecular weight is 589 g/mol. The Morgan fingerprint density at radius 3 is 2.54 bits per heavy atom. The zero-order chi connectivity index (χ0) is 28.7. The summed E-state index contributed by atoms with van der Waals surface area (Å²) in [4.78, 5) is 42.0. The molecule has 9 nitrogen and oxygen atoms in total. The van der Waals surface area contributed by atoms with Crippen LogP contribution in [0.3, 0.4) is 0 Å². The number of halogens is 1. The van der Waals surface area contributed by atoms with Crippen LogP contribution in [0.5, 0.6) is 11.5 Å². The Hall–Kier alpha value is -4.67. The van der Waals surface area contributed by atoms with E-state index in [1.807, 2.05) is 6.07 Å². The maximum Gasteiger partial charge on any atom is 0.340 e. The highest BCUT2D eigenvalue weighted by molar-refractivity contribution is 7.85. The van der Waals surface area contributed by atoms with Gasteiger partial charge in [-0.3, -0.25) is 9.59 Å². The quantitative estimate of drug-likeness (QED) is 0.309. The molecule has 4 aromatic carbocycles. The van der Waals surface area contributed by atoms with E-state index in [9.17, 15) is 18.6 Å². The number of anilines is 2. The Labute approximate surface area is 242 Å².